The predicted molar refractivity (Wildman–Crippen MR) is 88.3 cm³/mol. The minimum Gasteiger partial charge on any atom is -0.497 e. The van der Waals surface area contributed by atoms with Gasteiger partial charge in [0.05, 0.1) is 17.4 Å². The molecule has 0 saturated heterocycles. The van der Waals surface area contributed by atoms with Crippen molar-refractivity contribution in [3.8, 4) is 11.5 Å². The van der Waals surface area contributed by atoms with E-state index in [4.69, 9.17) is 15.2 Å². The third-order valence-corrected chi connectivity index (χ3v) is 4.43. The number of aromatic carboxylic acids is 1. The van der Waals surface area contributed by atoms with Gasteiger partial charge in [-0.3, -0.25) is 0 Å². The number of pyridine rings is 1. The number of nitrogen functional groups attached to an aromatic ring is 1. The summed E-state index contributed by atoms with van der Waals surface area (Å²) in [6.45, 7) is 0.266. The zero-order valence-corrected chi connectivity index (χ0v) is 13.1. The maximum atomic E-state index is 11.3. The van der Waals surface area contributed by atoms with Crippen molar-refractivity contribution in [3.63, 3.8) is 0 Å². The Bertz CT molecular complexity index is 876. The fourth-order valence-electron chi connectivity index (χ4n) is 2.24. The molecule has 1 aromatic carbocycles. The van der Waals surface area contributed by atoms with Gasteiger partial charge in [-0.15, -0.1) is 11.3 Å². The first-order valence-corrected chi connectivity index (χ1v) is 7.63. The van der Waals surface area contributed by atoms with Crippen molar-refractivity contribution in [2.45, 2.75) is 6.61 Å². The average molecular weight is 330 g/mol. The number of fused-ring (bicyclic) bond motifs is 1. The van der Waals surface area contributed by atoms with Gasteiger partial charge < -0.3 is 20.3 Å². The van der Waals surface area contributed by atoms with Crippen LogP contribution < -0.4 is 15.2 Å². The number of benzene rings is 1. The first-order chi connectivity index (χ1) is 11.1. The van der Waals surface area contributed by atoms with Crippen molar-refractivity contribution in [2.75, 3.05) is 12.8 Å². The number of carboxylic acids is 1. The number of ether oxygens (including phenoxy) is 2. The van der Waals surface area contributed by atoms with Gasteiger partial charge in [-0.25, -0.2) is 9.78 Å². The van der Waals surface area contributed by atoms with E-state index >= 15 is 0 Å². The van der Waals surface area contributed by atoms with Gasteiger partial charge in [0.1, 0.15) is 23.9 Å². The molecule has 6 nitrogen and oxygen atoms in total. The van der Waals surface area contributed by atoms with Crippen molar-refractivity contribution in [3.05, 3.63) is 47.0 Å². The lowest BCUT2D eigenvalue weighted by atomic mass is 10.1. The van der Waals surface area contributed by atoms with Gasteiger partial charge in [0, 0.05) is 23.2 Å². The van der Waals surface area contributed by atoms with Crippen LogP contribution >= 0.6 is 11.3 Å². The van der Waals surface area contributed by atoms with Crippen molar-refractivity contribution >= 4 is 33.2 Å². The van der Waals surface area contributed by atoms with E-state index in [9.17, 15) is 9.90 Å². The van der Waals surface area contributed by atoms with Crippen LogP contribution in [0.1, 0.15) is 15.9 Å². The monoisotopic (exact) mass is 330 g/mol. The highest BCUT2D eigenvalue weighted by molar-refractivity contribution is 7.17. The molecule has 3 rings (SSSR count). The average Bonchev–Trinajstić information content (AvgIpc) is 2.98. The second-order valence-corrected chi connectivity index (χ2v) is 5.67. The zero-order valence-electron chi connectivity index (χ0n) is 12.3. The molecule has 0 unspecified atom stereocenters. The standard InChI is InChI=1S/C16H14N2O4S/c1-21-10-3-2-4-11(5-10)22-7-9-8-23-14-12(16(19)20)6-18-15(17)13(9)14/h2-6,8H,7H2,1H3,(H2,17,18)(H,19,20). The summed E-state index contributed by atoms with van der Waals surface area (Å²) in [6, 6.07) is 7.26. The quantitative estimate of drug-likeness (QED) is 0.746. The molecule has 0 bridgehead atoms. The lowest BCUT2D eigenvalue weighted by molar-refractivity contribution is 0.0699. The van der Waals surface area contributed by atoms with Crippen LogP contribution in [0, 0.1) is 0 Å². The lowest BCUT2D eigenvalue weighted by Crippen LogP contribution is -2.02. The van der Waals surface area contributed by atoms with Gasteiger partial charge in [0.25, 0.3) is 0 Å². The van der Waals surface area contributed by atoms with Crippen LogP contribution in [0.2, 0.25) is 0 Å². The van der Waals surface area contributed by atoms with E-state index in [0.29, 0.717) is 27.4 Å². The third-order valence-electron chi connectivity index (χ3n) is 3.37. The zero-order chi connectivity index (χ0) is 16.4. The smallest absolute Gasteiger partial charge is 0.338 e. The highest BCUT2D eigenvalue weighted by Gasteiger charge is 2.16. The van der Waals surface area contributed by atoms with Crippen molar-refractivity contribution in [2.24, 2.45) is 0 Å². The van der Waals surface area contributed by atoms with E-state index in [1.807, 2.05) is 23.6 Å². The van der Waals surface area contributed by atoms with E-state index in [0.717, 1.165) is 5.56 Å². The molecular formula is C16H14N2O4S. The number of carboxylic acid groups (broad SMARTS) is 1. The molecule has 0 radical (unpaired) electrons. The molecule has 0 aliphatic rings. The van der Waals surface area contributed by atoms with E-state index in [2.05, 4.69) is 4.98 Å². The summed E-state index contributed by atoms with van der Waals surface area (Å²) in [6.07, 6.45) is 1.28. The van der Waals surface area contributed by atoms with E-state index in [1.165, 1.54) is 17.5 Å². The summed E-state index contributed by atoms with van der Waals surface area (Å²) in [5, 5.41) is 11.7. The lowest BCUT2D eigenvalue weighted by Gasteiger charge is -2.08. The first-order valence-electron chi connectivity index (χ1n) is 6.75. The SMILES string of the molecule is COc1cccc(OCc2csc3c(C(=O)O)cnc(N)c23)c1. The van der Waals surface area contributed by atoms with Crippen molar-refractivity contribution in [1.29, 1.82) is 0 Å². The summed E-state index contributed by atoms with van der Waals surface area (Å²) in [5.74, 6) is 0.636. The van der Waals surface area contributed by atoms with E-state index in [-0.39, 0.29) is 12.2 Å². The molecule has 2 aromatic heterocycles. The van der Waals surface area contributed by atoms with E-state index < -0.39 is 5.97 Å². The van der Waals surface area contributed by atoms with Gasteiger partial charge in [-0.05, 0) is 17.5 Å². The second kappa shape index (κ2) is 6.13. The minimum absolute atomic E-state index is 0.145. The van der Waals surface area contributed by atoms with Crippen LogP contribution in [0.4, 0.5) is 5.82 Å². The molecule has 0 aliphatic carbocycles. The number of anilines is 1. The summed E-state index contributed by atoms with van der Waals surface area (Å²) < 4.78 is 11.5. The molecule has 3 N–H and O–H groups in total. The molecule has 0 atom stereocenters. The number of hydrogen-bond donors (Lipinski definition) is 2. The van der Waals surface area contributed by atoms with Crippen LogP contribution in [0.25, 0.3) is 10.1 Å². The molecule has 0 spiro atoms. The number of methoxy groups -OCH3 is 1. The van der Waals surface area contributed by atoms with Gasteiger partial charge >= 0.3 is 5.97 Å². The minimum atomic E-state index is -1.02. The van der Waals surface area contributed by atoms with Gasteiger partial charge in [-0.2, -0.15) is 0 Å². The molecular weight excluding hydrogens is 316 g/mol. The normalized spacial score (nSPS) is 10.7. The number of rotatable bonds is 5. The molecule has 118 valence electrons. The largest absolute Gasteiger partial charge is 0.497 e. The van der Waals surface area contributed by atoms with Crippen molar-refractivity contribution < 1.29 is 19.4 Å². The van der Waals surface area contributed by atoms with Crippen LogP contribution in [-0.4, -0.2) is 23.2 Å². The Kier molecular flexibility index (Phi) is 4.03. The number of nitrogens with two attached hydrogens (primary N) is 1. The Morgan fingerprint density at radius 1 is 1.39 bits per heavy atom. The Balaban J connectivity index is 1.91. The van der Waals surface area contributed by atoms with Crippen LogP contribution in [0.5, 0.6) is 11.5 Å². The molecule has 2 heterocycles. The topological polar surface area (TPSA) is 94.7 Å². The van der Waals surface area contributed by atoms with Gasteiger partial charge in [-0.1, -0.05) is 6.07 Å². The number of nitrogens with zero attached hydrogens (tertiary/aromatic N) is 1. The van der Waals surface area contributed by atoms with Crippen LogP contribution in [-0.2, 0) is 6.61 Å². The Morgan fingerprint density at radius 3 is 2.91 bits per heavy atom. The molecule has 23 heavy (non-hydrogen) atoms. The summed E-state index contributed by atoms with van der Waals surface area (Å²) in [7, 11) is 1.59. The van der Waals surface area contributed by atoms with Crippen molar-refractivity contribution in [1.82, 2.24) is 4.98 Å². The fourth-order valence-corrected chi connectivity index (χ4v) is 3.31. The predicted octanol–water partition coefficient (Wildman–Crippen LogP) is 3.16. The third kappa shape index (κ3) is 2.91. The molecule has 0 aliphatic heterocycles. The first kappa shape index (κ1) is 15.1. The second-order valence-electron chi connectivity index (χ2n) is 4.79. The highest BCUT2D eigenvalue weighted by Crippen LogP contribution is 2.33. The van der Waals surface area contributed by atoms with Crippen LogP contribution in [0.15, 0.2) is 35.8 Å². The highest BCUT2D eigenvalue weighted by atomic mass is 32.1. The Morgan fingerprint density at radius 2 is 2.17 bits per heavy atom. The molecule has 7 heteroatoms. The summed E-state index contributed by atoms with van der Waals surface area (Å²) in [4.78, 5) is 15.2. The molecule has 0 saturated carbocycles. The number of aromatic nitrogens is 1. The molecule has 0 amide bonds. The summed E-state index contributed by atoms with van der Waals surface area (Å²) in [5.41, 5.74) is 6.86. The number of hydrogen-bond acceptors (Lipinski definition) is 6. The van der Waals surface area contributed by atoms with Gasteiger partial charge in [0.2, 0.25) is 0 Å². The maximum absolute atomic E-state index is 11.3. The van der Waals surface area contributed by atoms with Crippen LogP contribution in [0.3, 0.4) is 0 Å². The summed E-state index contributed by atoms with van der Waals surface area (Å²) >= 11 is 1.32. The maximum Gasteiger partial charge on any atom is 0.338 e. The number of carbonyl (C=O) groups is 1. The number of thiophene rings is 1. The van der Waals surface area contributed by atoms with Gasteiger partial charge in [0.15, 0.2) is 0 Å². The fraction of sp³-hybridized carbons (Fsp3) is 0.125. The molecule has 3 aromatic rings. The Hall–Kier alpha value is -2.80. The van der Waals surface area contributed by atoms with E-state index in [1.54, 1.807) is 13.2 Å². The molecule has 0 fully saturated rings. The Labute approximate surface area is 136 Å².